The van der Waals surface area contributed by atoms with Gasteiger partial charge in [-0.2, -0.15) is 5.10 Å². The fraction of sp³-hybridized carbons (Fsp3) is 0.750. The minimum absolute atomic E-state index is 1.16. The van der Waals surface area contributed by atoms with Crippen molar-refractivity contribution in [1.82, 2.24) is 14.7 Å². The zero-order valence-corrected chi connectivity index (χ0v) is 10.1. The molecule has 0 aromatic carbocycles. The predicted octanol–water partition coefficient (Wildman–Crippen LogP) is 1.68. The lowest BCUT2D eigenvalue weighted by Gasteiger charge is -2.14. The van der Waals surface area contributed by atoms with E-state index < -0.39 is 0 Å². The molecule has 1 saturated heterocycles. The van der Waals surface area contributed by atoms with Gasteiger partial charge >= 0.3 is 0 Å². The number of likely N-dealkylation sites (tertiary alicyclic amines) is 1. The van der Waals surface area contributed by atoms with Gasteiger partial charge in [0.25, 0.3) is 0 Å². The van der Waals surface area contributed by atoms with E-state index in [1.165, 1.54) is 49.4 Å². The van der Waals surface area contributed by atoms with Gasteiger partial charge in [-0.3, -0.25) is 4.68 Å². The third-order valence-electron chi connectivity index (χ3n) is 3.54. The number of hydrogen-bond donors (Lipinski definition) is 0. The molecular weight excluding hydrogens is 186 g/mol. The number of rotatable bonds is 3. The largest absolute Gasteiger partial charge is 0.303 e. The molecule has 3 heteroatoms. The molecule has 0 amide bonds. The normalized spacial score (nSPS) is 17.5. The summed E-state index contributed by atoms with van der Waals surface area (Å²) in [6.07, 6.45) is 3.92. The zero-order chi connectivity index (χ0) is 10.8. The molecular formula is C12H21N3. The SMILES string of the molecule is Cc1nn(C)c(C)c1CCN1CCCC1. The van der Waals surface area contributed by atoms with E-state index in [0.717, 1.165) is 6.42 Å². The molecule has 84 valence electrons. The molecule has 3 nitrogen and oxygen atoms in total. The van der Waals surface area contributed by atoms with Crippen LogP contribution in [0.1, 0.15) is 29.8 Å². The Morgan fingerprint density at radius 3 is 2.40 bits per heavy atom. The Hall–Kier alpha value is -0.830. The highest BCUT2D eigenvalue weighted by atomic mass is 15.3. The van der Waals surface area contributed by atoms with Crippen molar-refractivity contribution in [3.63, 3.8) is 0 Å². The van der Waals surface area contributed by atoms with E-state index >= 15 is 0 Å². The van der Waals surface area contributed by atoms with Gasteiger partial charge in [-0.1, -0.05) is 0 Å². The lowest BCUT2D eigenvalue weighted by atomic mass is 10.1. The maximum Gasteiger partial charge on any atom is 0.0628 e. The van der Waals surface area contributed by atoms with Crippen LogP contribution in [0.5, 0.6) is 0 Å². The summed E-state index contributed by atoms with van der Waals surface area (Å²) in [5, 5.41) is 4.45. The molecule has 0 spiro atoms. The smallest absolute Gasteiger partial charge is 0.0628 e. The molecule has 1 aromatic heterocycles. The van der Waals surface area contributed by atoms with Gasteiger partial charge in [-0.05, 0) is 51.8 Å². The molecule has 2 rings (SSSR count). The first kappa shape index (κ1) is 10.7. The minimum Gasteiger partial charge on any atom is -0.303 e. The summed E-state index contributed by atoms with van der Waals surface area (Å²) in [6.45, 7) is 8.07. The topological polar surface area (TPSA) is 21.1 Å². The van der Waals surface area contributed by atoms with E-state index in [1.807, 2.05) is 11.7 Å². The summed E-state index contributed by atoms with van der Waals surface area (Å²) >= 11 is 0. The standard InChI is InChI=1S/C12H21N3/c1-10-12(11(2)14(3)13-10)6-9-15-7-4-5-8-15/h4-9H2,1-3H3. The first-order chi connectivity index (χ1) is 7.18. The summed E-state index contributed by atoms with van der Waals surface area (Å²) < 4.78 is 1.99. The Bertz CT molecular complexity index is 335. The van der Waals surface area contributed by atoms with Crippen LogP contribution < -0.4 is 0 Å². The van der Waals surface area contributed by atoms with Crippen molar-refractivity contribution in [3.05, 3.63) is 17.0 Å². The quantitative estimate of drug-likeness (QED) is 0.752. The Labute approximate surface area is 92.1 Å². The fourth-order valence-corrected chi connectivity index (χ4v) is 2.46. The Kier molecular flexibility index (Phi) is 3.10. The van der Waals surface area contributed by atoms with Crippen LogP contribution >= 0.6 is 0 Å². The molecule has 1 aliphatic rings. The molecule has 0 atom stereocenters. The average molecular weight is 207 g/mol. The second kappa shape index (κ2) is 4.35. The van der Waals surface area contributed by atoms with E-state index in [2.05, 4.69) is 23.8 Å². The minimum atomic E-state index is 1.16. The summed E-state index contributed by atoms with van der Waals surface area (Å²) in [7, 11) is 2.03. The van der Waals surface area contributed by atoms with Crippen LogP contribution in [-0.4, -0.2) is 34.3 Å². The molecule has 2 heterocycles. The maximum absolute atomic E-state index is 4.45. The molecule has 1 aromatic rings. The van der Waals surface area contributed by atoms with E-state index in [0.29, 0.717) is 0 Å². The zero-order valence-electron chi connectivity index (χ0n) is 10.1. The number of aromatic nitrogens is 2. The summed E-state index contributed by atoms with van der Waals surface area (Å²) in [5.74, 6) is 0. The Morgan fingerprint density at radius 1 is 1.20 bits per heavy atom. The van der Waals surface area contributed by atoms with Gasteiger partial charge in [0, 0.05) is 19.3 Å². The molecule has 0 N–H and O–H groups in total. The number of nitrogens with zero attached hydrogens (tertiary/aromatic N) is 3. The van der Waals surface area contributed by atoms with Crippen molar-refractivity contribution < 1.29 is 0 Å². The summed E-state index contributed by atoms with van der Waals surface area (Å²) in [6, 6.07) is 0. The van der Waals surface area contributed by atoms with Crippen LogP contribution in [0.3, 0.4) is 0 Å². The number of aryl methyl sites for hydroxylation is 2. The van der Waals surface area contributed by atoms with Gasteiger partial charge in [0.15, 0.2) is 0 Å². The highest BCUT2D eigenvalue weighted by molar-refractivity contribution is 5.24. The lowest BCUT2D eigenvalue weighted by molar-refractivity contribution is 0.343. The van der Waals surface area contributed by atoms with Gasteiger partial charge in [0.2, 0.25) is 0 Å². The Morgan fingerprint density at radius 2 is 1.87 bits per heavy atom. The van der Waals surface area contributed by atoms with Crippen molar-refractivity contribution in [1.29, 1.82) is 0 Å². The van der Waals surface area contributed by atoms with Gasteiger partial charge < -0.3 is 4.90 Å². The lowest BCUT2D eigenvalue weighted by Crippen LogP contribution is -2.22. The van der Waals surface area contributed by atoms with Crippen molar-refractivity contribution >= 4 is 0 Å². The van der Waals surface area contributed by atoms with Crippen LogP contribution in [0.15, 0.2) is 0 Å². The first-order valence-electron chi connectivity index (χ1n) is 5.90. The van der Waals surface area contributed by atoms with Crippen LogP contribution in [0.4, 0.5) is 0 Å². The Balaban J connectivity index is 1.97. The van der Waals surface area contributed by atoms with Gasteiger partial charge in [0.1, 0.15) is 0 Å². The second-order valence-corrected chi connectivity index (χ2v) is 4.57. The first-order valence-corrected chi connectivity index (χ1v) is 5.90. The molecule has 0 unspecified atom stereocenters. The maximum atomic E-state index is 4.45. The average Bonchev–Trinajstić information content (AvgIpc) is 2.76. The highest BCUT2D eigenvalue weighted by Gasteiger charge is 2.14. The van der Waals surface area contributed by atoms with E-state index in [1.54, 1.807) is 0 Å². The summed E-state index contributed by atoms with van der Waals surface area (Å²) in [4.78, 5) is 2.56. The third-order valence-corrected chi connectivity index (χ3v) is 3.54. The van der Waals surface area contributed by atoms with Crippen LogP contribution in [0.25, 0.3) is 0 Å². The molecule has 0 aliphatic carbocycles. The van der Waals surface area contributed by atoms with Crippen molar-refractivity contribution in [3.8, 4) is 0 Å². The second-order valence-electron chi connectivity index (χ2n) is 4.57. The molecule has 0 radical (unpaired) electrons. The fourth-order valence-electron chi connectivity index (χ4n) is 2.46. The third kappa shape index (κ3) is 2.23. The predicted molar refractivity (Wildman–Crippen MR) is 62.1 cm³/mol. The molecule has 1 aliphatic heterocycles. The van der Waals surface area contributed by atoms with E-state index in [4.69, 9.17) is 0 Å². The van der Waals surface area contributed by atoms with Crippen LogP contribution in [0.2, 0.25) is 0 Å². The molecule has 1 fully saturated rings. The molecule has 15 heavy (non-hydrogen) atoms. The molecule has 0 saturated carbocycles. The van der Waals surface area contributed by atoms with Crippen molar-refractivity contribution in [2.45, 2.75) is 33.1 Å². The monoisotopic (exact) mass is 207 g/mol. The van der Waals surface area contributed by atoms with Gasteiger partial charge in [-0.15, -0.1) is 0 Å². The summed E-state index contributed by atoms with van der Waals surface area (Å²) in [5.41, 5.74) is 3.98. The van der Waals surface area contributed by atoms with Gasteiger partial charge in [-0.25, -0.2) is 0 Å². The molecule has 0 bridgehead atoms. The van der Waals surface area contributed by atoms with E-state index in [9.17, 15) is 0 Å². The van der Waals surface area contributed by atoms with E-state index in [-0.39, 0.29) is 0 Å². The highest BCUT2D eigenvalue weighted by Crippen LogP contribution is 2.14. The van der Waals surface area contributed by atoms with Crippen LogP contribution in [0, 0.1) is 13.8 Å². The number of hydrogen-bond acceptors (Lipinski definition) is 2. The van der Waals surface area contributed by atoms with Crippen LogP contribution in [-0.2, 0) is 13.5 Å². The van der Waals surface area contributed by atoms with Crippen molar-refractivity contribution in [2.75, 3.05) is 19.6 Å². The van der Waals surface area contributed by atoms with Crippen molar-refractivity contribution in [2.24, 2.45) is 7.05 Å². The van der Waals surface area contributed by atoms with Gasteiger partial charge in [0.05, 0.1) is 5.69 Å².